The number of thiophene rings is 1. The molecule has 0 spiro atoms. The number of para-hydroxylation sites is 1. The molecule has 1 aromatic carbocycles. The van der Waals surface area contributed by atoms with E-state index in [0.29, 0.717) is 10.6 Å². The van der Waals surface area contributed by atoms with E-state index in [4.69, 9.17) is 10.5 Å². The number of benzene rings is 1. The SMILES string of the molecule is NC(=O)CSc1ccccc1NC(=O)COC(=O)Cc1ccsc1. The monoisotopic (exact) mass is 364 g/mol. The quantitative estimate of drug-likeness (QED) is 0.552. The lowest BCUT2D eigenvalue weighted by Gasteiger charge is -2.10. The summed E-state index contributed by atoms with van der Waals surface area (Å²) in [5.41, 5.74) is 6.53. The van der Waals surface area contributed by atoms with Crippen LogP contribution in [-0.2, 0) is 25.5 Å². The van der Waals surface area contributed by atoms with E-state index in [1.54, 1.807) is 24.3 Å². The molecule has 0 fully saturated rings. The van der Waals surface area contributed by atoms with Crippen LogP contribution in [0, 0.1) is 0 Å². The standard InChI is InChI=1S/C16H16N2O4S2/c17-14(19)10-24-13-4-2-1-3-12(13)18-15(20)8-22-16(21)7-11-5-6-23-9-11/h1-6,9H,7-8,10H2,(H2,17,19)(H,18,20). The van der Waals surface area contributed by atoms with Gasteiger partial charge in [0.2, 0.25) is 5.91 Å². The average Bonchev–Trinajstić information content (AvgIpc) is 3.05. The van der Waals surface area contributed by atoms with Crippen molar-refractivity contribution in [2.24, 2.45) is 5.73 Å². The van der Waals surface area contributed by atoms with Crippen LogP contribution in [0.5, 0.6) is 0 Å². The molecule has 1 heterocycles. The van der Waals surface area contributed by atoms with Gasteiger partial charge < -0.3 is 15.8 Å². The first-order chi connectivity index (χ1) is 11.5. The molecular formula is C16H16N2O4S2. The molecule has 0 bridgehead atoms. The predicted molar refractivity (Wildman–Crippen MR) is 94.0 cm³/mol. The molecule has 0 unspecified atom stereocenters. The molecule has 1 aromatic heterocycles. The van der Waals surface area contributed by atoms with Crippen molar-refractivity contribution in [3.05, 3.63) is 46.7 Å². The number of primary amides is 1. The zero-order valence-corrected chi connectivity index (χ0v) is 14.3. The first-order valence-electron chi connectivity index (χ1n) is 7.01. The van der Waals surface area contributed by atoms with Crippen LogP contribution in [0.15, 0.2) is 46.0 Å². The topological polar surface area (TPSA) is 98.5 Å². The zero-order valence-electron chi connectivity index (χ0n) is 12.7. The fourth-order valence-corrected chi connectivity index (χ4v) is 3.20. The Balaban J connectivity index is 1.83. The highest BCUT2D eigenvalue weighted by molar-refractivity contribution is 8.00. The Morgan fingerprint density at radius 1 is 1.21 bits per heavy atom. The smallest absolute Gasteiger partial charge is 0.310 e. The van der Waals surface area contributed by atoms with Gasteiger partial charge in [0.05, 0.1) is 17.9 Å². The van der Waals surface area contributed by atoms with Gasteiger partial charge in [-0.25, -0.2) is 0 Å². The van der Waals surface area contributed by atoms with E-state index in [0.717, 1.165) is 5.56 Å². The van der Waals surface area contributed by atoms with Gasteiger partial charge in [-0.1, -0.05) is 12.1 Å². The molecule has 0 radical (unpaired) electrons. The highest BCUT2D eigenvalue weighted by Crippen LogP contribution is 2.26. The normalized spacial score (nSPS) is 10.2. The number of amides is 2. The van der Waals surface area contributed by atoms with E-state index >= 15 is 0 Å². The molecule has 126 valence electrons. The van der Waals surface area contributed by atoms with Gasteiger partial charge in [-0.2, -0.15) is 11.3 Å². The summed E-state index contributed by atoms with van der Waals surface area (Å²) in [5, 5.41) is 6.39. The van der Waals surface area contributed by atoms with Crippen molar-refractivity contribution in [2.45, 2.75) is 11.3 Å². The van der Waals surface area contributed by atoms with Gasteiger partial charge in [-0.3, -0.25) is 14.4 Å². The number of anilines is 1. The Morgan fingerprint density at radius 3 is 2.71 bits per heavy atom. The number of carbonyl (C=O) groups is 3. The Morgan fingerprint density at radius 2 is 2.00 bits per heavy atom. The maximum atomic E-state index is 11.9. The number of rotatable bonds is 8. The molecule has 0 saturated heterocycles. The van der Waals surface area contributed by atoms with Crippen molar-refractivity contribution in [3.8, 4) is 0 Å². The van der Waals surface area contributed by atoms with Crippen LogP contribution in [0.4, 0.5) is 5.69 Å². The Bertz CT molecular complexity index is 717. The van der Waals surface area contributed by atoms with Crippen molar-refractivity contribution in [2.75, 3.05) is 17.7 Å². The van der Waals surface area contributed by atoms with Crippen LogP contribution >= 0.6 is 23.1 Å². The van der Waals surface area contributed by atoms with Crippen molar-refractivity contribution >= 4 is 46.6 Å². The Hall–Kier alpha value is -2.32. The molecule has 0 atom stereocenters. The molecule has 24 heavy (non-hydrogen) atoms. The third-order valence-corrected chi connectivity index (χ3v) is 4.65. The van der Waals surface area contributed by atoms with Gasteiger partial charge in [-0.15, -0.1) is 11.8 Å². The van der Waals surface area contributed by atoms with E-state index in [1.165, 1.54) is 23.1 Å². The van der Waals surface area contributed by atoms with E-state index < -0.39 is 17.8 Å². The minimum atomic E-state index is -0.458. The molecule has 0 saturated carbocycles. The summed E-state index contributed by atoms with van der Waals surface area (Å²) in [4.78, 5) is 35.2. The van der Waals surface area contributed by atoms with Crippen molar-refractivity contribution in [3.63, 3.8) is 0 Å². The van der Waals surface area contributed by atoms with Crippen molar-refractivity contribution < 1.29 is 19.1 Å². The van der Waals surface area contributed by atoms with E-state index in [-0.39, 0.29) is 18.8 Å². The molecule has 2 aromatic rings. The molecule has 0 aliphatic rings. The number of nitrogens with one attached hydrogen (secondary N) is 1. The molecule has 3 N–H and O–H groups in total. The molecule has 2 rings (SSSR count). The van der Waals surface area contributed by atoms with Crippen LogP contribution in [0.1, 0.15) is 5.56 Å². The van der Waals surface area contributed by atoms with Gasteiger partial charge in [0.25, 0.3) is 5.91 Å². The zero-order chi connectivity index (χ0) is 17.4. The number of thioether (sulfide) groups is 1. The lowest BCUT2D eigenvalue weighted by Crippen LogP contribution is -2.22. The van der Waals surface area contributed by atoms with Crippen LogP contribution in [0.25, 0.3) is 0 Å². The maximum absolute atomic E-state index is 11.9. The molecule has 0 aliphatic heterocycles. The third-order valence-electron chi connectivity index (χ3n) is 2.82. The molecule has 2 amide bonds. The highest BCUT2D eigenvalue weighted by atomic mass is 32.2. The fourth-order valence-electron chi connectivity index (χ4n) is 1.79. The number of hydrogen-bond acceptors (Lipinski definition) is 6. The van der Waals surface area contributed by atoms with Crippen molar-refractivity contribution in [1.82, 2.24) is 0 Å². The number of esters is 1. The van der Waals surface area contributed by atoms with Crippen LogP contribution in [0.2, 0.25) is 0 Å². The van der Waals surface area contributed by atoms with E-state index in [2.05, 4.69) is 5.32 Å². The minimum absolute atomic E-state index is 0.114. The number of hydrogen-bond donors (Lipinski definition) is 2. The highest BCUT2D eigenvalue weighted by Gasteiger charge is 2.11. The first-order valence-corrected chi connectivity index (χ1v) is 8.94. The second kappa shape index (κ2) is 9.09. The number of carbonyl (C=O) groups excluding carboxylic acids is 3. The largest absolute Gasteiger partial charge is 0.455 e. The molecule has 0 aliphatic carbocycles. The Labute approximate surface area is 147 Å². The maximum Gasteiger partial charge on any atom is 0.310 e. The average molecular weight is 364 g/mol. The van der Waals surface area contributed by atoms with Crippen molar-refractivity contribution in [1.29, 1.82) is 0 Å². The van der Waals surface area contributed by atoms with Gasteiger partial charge in [0.15, 0.2) is 6.61 Å². The molecule has 6 nitrogen and oxygen atoms in total. The van der Waals surface area contributed by atoms with Gasteiger partial charge in [0.1, 0.15) is 0 Å². The summed E-state index contributed by atoms with van der Waals surface area (Å²) in [6.45, 7) is -0.363. The lowest BCUT2D eigenvalue weighted by atomic mass is 10.2. The Kier molecular flexibility index (Phi) is 6.83. The summed E-state index contributed by atoms with van der Waals surface area (Å²) in [7, 11) is 0. The lowest BCUT2D eigenvalue weighted by molar-refractivity contribution is -0.146. The van der Waals surface area contributed by atoms with Gasteiger partial charge in [-0.05, 0) is 34.5 Å². The van der Waals surface area contributed by atoms with Crippen LogP contribution in [0.3, 0.4) is 0 Å². The van der Waals surface area contributed by atoms with E-state index in [9.17, 15) is 14.4 Å². The van der Waals surface area contributed by atoms with Gasteiger partial charge >= 0.3 is 5.97 Å². The summed E-state index contributed by atoms with van der Waals surface area (Å²) in [5.74, 6) is -1.23. The summed E-state index contributed by atoms with van der Waals surface area (Å²) in [6, 6.07) is 8.85. The van der Waals surface area contributed by atoms with E-state index in [1.807, 2.05) is 16.8 Å². The predicted octanol–water partition coefficient (Wildman–Crippen LogP) is 2.05. The number of nitrogens with two attached hydrogens (primary N) is 1. The van der Waals surface area contributed by atoms with Crippen LogP contribution in [-0.4, -0.2) is 30.1 Å². The fraction of sp³-hybridized carbons (Fsp3) is 0.188. The molecule has 8 heteroatoms. The minimum Gasteiger partial charge on any atom is -0.455 e. The molecular weight excluding hydrogens is 348 g/mol. The third kappa shape index (κ3) is 6.05. The van der Waals surface area contributed by atoms with Crippen LogP contribution < -0.4 is 11.1 Å². The summed E-state index contributed by atoms with van der Waals surface area (Å²) < 4.78 is 4.96. The first kappa shape index (κ1) is 18.0. The summed E-state index contributed by atoms with van der Waals surface area (Å²) >= 11 is 2.72. The van der Waals surface area contributed by atoms with Gasteiger partial charge in [0, 0.05) is 4.90 Å². The second-order valence-electron chi connectivity index (χ2n) is 4.77. The second-order valence-corrected chi connectivity index (χ2v) is 6.57. The number of ether oxygens (including phenoxy) is 1. The summed E-state index contributed by atoms with van der Waals surface area (Å²) in [6.07, 6.45) is 0.141.